The maximum atomic E-state index is 11.2. The summed E-state index contributed by atoms with van der Waals surface area (Å²) in [4.78, 5) is 12.4. The van der Waals surface area contributed by atoms with Crippen molar-refractivity contribution in [2.45, 2.75) is 31.6 Å². The zero-order chi connectivity index (χ0) is 9.26. The van der Waals surface area contributed by atoms with Crippen molar-refractivity contribution in [2.24, 2.45) is 0 Å². The molecule has 0 spiro atoms. The van der Waals surface area contributed by atoms with Gasteiger partial charge in [0.1, 0.15) is 5.78 Å². The molecule has 13 heavy (non-hydrogen) atoms. The van der Waals surface area contributed by atoms with Crippen molar-refractivity contribution in [3.63, 3.8) is 0 Å². The minimum Gasteiger partial charge on any atom is -0.300 e. The summed E-state index contributed by atoms with van der Waals surface area (Å²) in [6.07, 6.45) is 3.60. The molecule has 1 aliphatic carbocycles. The topological polar surface area (TPSA) is 17.1 Å². The van der Waals surface area contributed by atoms with Gasteiger partial charge in [0, 0.05) is 23.6 Å². The number of carbonyl (C=O) groups excluding carboxylic acids is 1. The van der Waals surface area contributed by atoms with Gasteiger partial charge in [-0.3, -0.25) is 4.79 Å². The maximum Gasteiger partial charge on any atom is 0.133 e. The fourth-order valence-corrected chi connectivity index (χ4v) is 3.20. The smallest absolute Gasteiger partial charge is 0.133 e. The Kier molecular flexibility index (Phi) is 2.70. The molecule has 0 radical (unpaired) electrons. The first-order valence-electron chi connectivity index (χ1n) is 4.52. The van der Waals surface area contributed by atoms with Gasteiger partial charge in [-0.05, 0) is 24.3 Å². The molecule has 1 heterocycles. The zero-order valence-electron chi connectivity index (χ0n) is 7.25. The third-order valence-corrected chi connectivity index (χ3v) is 4.02. The Morgan fingerprint density at radius 2 is 2.38 bits per heavy atom. The van der Waals surface area contributed by atoms with Crippen molar-refractivity contribution < 1.29 is 4.79 Å². The predicted molar refractivity (Wildman–Crippen MR) is 55.5 cm³/mol. The van der Waals surface area contributed by atoms with E-state index in [0.717, 1.165) is 24.3 Å². The Hall–Kier alpha value is -0.340. The predicted octanol–water partition coefficient (Wildman–Crippen LogP) is 3.63. The first kappa shape index (κ1) is 9.22. The van der Waals surface area contributed by atoms with E-state index in [-0.39, 0.29) is 0 Å². The van der Waals surface area contributed by atoms with Gasteiger partial charge in [0.15, 0.2) is 0 Å². The van der Waals surface area contributed by atoms with Crippen molar-refractivity contribution in [1.82, 2.24) is 0 Å². The van der Waals surface area contributed by atoms with Crippen molar-refractivity contribution in [3.05, 3.63) is 21.3 Å². The largest absolute Gasteiger partial charge is 0.300 e. The second-order valence-electron chi connectivity index (χ2n) is 3.46. The van der Waals surface area contributed by atoms with Gasteiger partial charge < -0.3 is 0 Å². The van der Waals surface area contributed by atoms with Crippen molar-refractivity contribution in [1.29, 1.82) is 0 Å². The second-order valence-corrected chi connectivity index (χ2v) is 4.82. The average molecular weight is 215 g/mol. The fourth-order valence-electron chi connectivity index (χ4n) is 1.85. The van der Waals surface area contributed by atoms with Crippen molar-refractivity contribution >= 4 is 28.7 Å². The molecule has 0 saturated heterocycles. The molecule has 1 unspecified atom stereocenters. The van der Waals surface area contributed by atoms with Crippen LogP contribution in [0.5, 0.6) is 0 Å². The van der Waals surface area contributed by atoms with Crippen LogP contribution in [0.3, 0.4) is 0 Å². The molecule has 0 bridgehead atoms. The molecule has 1 nitrogen and oxygen atoms in total. The lowest BCUT2D eigenvalue weighted by atomic mass is 9.87. The fraction of sp³-hybridized carbons (Fsp3) is 0.500. The third-order valence-electron chi connectivity index (χ3n) is 2.50. The standard InChI is InChI=1S/C10H11ClOS/c11-9-4-5-13-10(9)7-2-1-3-8(12)6-7/h4-5,7H,1-3,6H2. The summed E-state index contributed by atoms with van der Waals surface area (Å²) in [6.45, 7) is 0. The first-order chi connectivity index (χ1) is 6.27. The highest BCUT2D eigenvalue weighted by molar-refractivity contribution is 7.10. The lowest BCUT2D eigenvalue weighted by Gasteiger charge is -2.19. The van der Waals surface area contributed by atoms with Crippen molar-refractivity contribution in [3.8, 4) is 0 Å². The van der Waals surface area contributed by atoms with E-state index >= 15 is 0 Å². The van der Waals surface area contributed by atoms with Crippen molar-refractivity contribution in [2.75, 3.05) is 0 Å². The molecule has 3 heteroatoms. The Labute approximate surface area is 86.7 Å². The summed E-state index contributed by atoms with van der Waals surface area (Å²) in [5.41, 5.74) is 0. The molecule has 1 atom stereocenters. The summed E-state index contributed by atoms with van der Waals surface area (Å²) >= 11 is 7.69. The maximum absolute atomic E-state index is 11.2. The van der Waals surface area contributed by atoms with Gasteiger partial charge >= 0.3 is 0 Å². The van der Waals surface area contributed by atoms with Crippen LogP contribution in [0.1, 0.15) is 36.5 Å². The number of rotatable bonds is 1. The quantitative estimate of drug-likeness (QED) is 0.698. The number of Topliss-reactive ketones (excluding diaryl/α,β-unsaturated/α-hetero) is 1. The Morgan fingerprint density at radius 1 is 1.54 bits per heavy atom. The van der Waals surface area contributed by atoms with E-state index in [2.05, 4.69) is 0 Å². The van der Waals surface area contributed by atoms with Crippen LogP contribution in [0.2, 0.25) is 5.02 Å². The van der Waals surface area contributed by atoms with E-state index in [1.807, 2.05) is 11.4 Å². The Bertz CT molecular complexity index is 318. The molecule has 1 aromatic rings. The summed E-state index contributed by atoms with van der Waals surface area (Å²) < 4.78 is 0. The van der Waals surface area contributed by atoms with Crippen LogP contribution in [-0.2, 0) is 4.79 Å². The molecule has 0 aliphatic heterocycles. The summed E-state index contributed by atoms with van der Waals surface area (Å²) in [7, 11) is 0. The Morgan fingerprint density at radius 3 is 3.00 bits per heavy atom. The van der Waals surface area contributed by atoms with Crippen LogP contribution in [0.15, 0.2) is 11.4 Å². The molecular weight excluding hydrogens is 204 g/mol. The van der Waals surface area contributed by atoms with Gasteiger partial charge in [-0.2, -0.15) is 0 Å². The SMILES string of the molecule is O=C1CCCC(c2sccc2Cl)C1. The highest BCUT2D eigenvalue weighted by Gasteiger charge is 2.23. The molecule has 0 N–H and O–H groups in total. The number of carbonyl (C=O) groups is 1. The number of ketones is 1. The molecule has 1 saturated carbocycles. The molecule has 0 aromatic carbocycles. The first-order valence-corrected chi connectivity index (χ1v) is 5.77. The van der Waals surface area contributed by atoms with Gasteiger partial charge in [0.2, 0.25) is 0 Å². The molecule has 1 aromatic heterocycles. The van der Waals surface area contributed by atoms with E-state index in [1.54, 1.807) is 11.3 Å². The lowest BCUT2D eigenvalue weighted by Crippen LogP contribution is -2.12. The van der Waals surface area contributed by atoms with Crippen LogP contribution < -0.4 is 0 Å². The third kappa shape index (κ3) is 1.94. The van der Waals surface area contributed by atoms with Crippen LogP contribution in [0.25, 0.3) is 0 Å². The summed E-state index contributed by atoms with van der Waals surface area (Å²) in [5.74, 6) is 0.787. The van der Waals surface area contributed by atoms with Gasteiger partial charge in [0.25, 0.3) is 0 Å². The average Bonchev–Trinajstić information content (AvgIpc) is 2.51. The number of halogens is 1. The molecule has 2 rings (SSSR count). The monoisotopic (exact) mass is 214 g/mol. The molecule has 1 fully saturated rings. The molecular formula is C10H11ClOS. The minimum atomic E-state index is 0.390. The summed E-state index contributed by atoms with van der Waals surface area (Å²) in [5, 5.41) is 2.83. The minimum absolute atomic E-state index is 0.390. The van der Waals surface area contributed by atoms with E-state index < -0.39 is 0 Å². The van der Waals surface area contributed by atoms with Crippen LogP contribution in [0.4, 0.5) is 0 Å². The Balaban J connectivity index is 2.17. The van der Waals surface area contributed by atoms with E-state index in [9.17, 15) is 4.79 Å². The molecule has 0 amide bonds. The van der Waals surface area contributed by atoms with Crippen LogP contribution in [-0.4, -0.2) is 5.78 Å². The summed E-state index contributed by atoms with van der Waals surface area (Å²) in [6, 6.07) is 1.92. The van der Waals surface area contributed by atoms with Gasteiger partial charge in [0.05, 0.1) is 5.02 Å². The van der Waals surface area contributed by atoms with E-state index in [4.69, 9.17) is 11.6 Å². The normalized spacial score (nSPS) is 23.5. The number of hydrogen-bond donors (Lipinski definition) is 0. The highest BCUT2D eigenvalue weighted by atomic mass is 35.5. The van der Waals surface area contributed by atoms with Gasteiger partial charge in [-0.1, -0.05) is 11.6 Å². The van der Waals surface area contributed by atoms with Crippen LogP contribution >= 0.6 is 22.9 Å². The highest BCUT2D eigenvalue weighted by Crippen LogP contribution is 2.38. The number of hydrogen-bond acceptors (Lipinski definition) is 2. The number of thiophene rings is 1. The second kappa shape index (κ2) is 3.81. The van der Waals surface area contributed by atoms with Gasteiger partial charge in [-0.25, -0.2) is 0 Å². The van der Waals surface area contributed by atoms with Gasteiger partial charge in [-0.15, -0.1) is 11.3 Å². The molecule has 1 aliphatic rings. The van der Waals surface area contributed by atoms with E-state index in [1.165, 1.54) is 4.88 Å². The zero-order valence-corrected chi connectivity index (χ0v) is 8.83. The van der Waals surface area contributed by atoms with Crippen LogP contribution in [0, 0.1) is 0 Å². The lowest BCUT2D eigenvalue weighted by molar-refractivity contribution is -0.120. The molecule has 70 valence electrons. The van der Waals surface area contributed by atoms with E-state index in [0.29, 0.717) is 18.1 Å².